The van der Waals surface area contributed by atoms with Crippen LogP contribution in [0.15, 0.2) is 24.3 Å². The highest BCUT2D eigenvalue weighted by Crippen LogP contribution is 2.30. The first-order chi connectivity index (χ1) is 8.77. The zero-order chi connectivity index (χ0) is 14.6. The highest BCUT2D eigenvalue weighted by atomic mass is 35.5. The molecule has 0 saturated carbocycles. The lowest BCUT2D eigenvalue weighted by atomic mass is 9.97. The molecule has 19 heavy (non-hydrogen) atoms. The largest absolute Gasteiger partial charge is 0.465 e. The van der Waals surface area contributed by atoms with Gasteiger partial charge in [0.05, 0.1) is 6.61 Å². The average Bonchev–Trinajstić information content (AvgIpc) is 2.28. The molecule has 0 radical (unpaired) electrons. The van der Waals surface area contributed by atoms with Gasteiger partial charge >= 0.3 is 12.1 Å². The van der Waals surface area contributed by atoms with E-state index in [1.54, 1.807) is 0 Å². The molecular formula is C12H10ClF3O3. The van der Waals surface area contributed by atoms with Crippen LogP contribution in [0.3, 0.4) is 0 Å². The highest BCUT2D eigenvalue weighted by Gasteiger charge is 2.51. The zero-order valence-electron chi connectivity index (χ0n) is 9.83. The van der Waals surface area contributed by atoms with Crippen LogP contribution in [0.2, 0.25) is 5.02 Å². The van der Waals surface area contributed by atoms with Crippen LogP contribution in [-0.4, -0.2) is 24.5 Å². The number of Topliss-reactive ketones (excluding diaryl/α,β-unsaturated/α-hetero) is 1. The Labute approximate surface area is 112 Å². The van der Waals surface area contributed by atoms with Gasteiger partial charge in [0.1, 0.15) is 0 Å². The average molecular weight is 295 g/mol. The summed E-state index contributed by atoms with van der Waals surface area (Å²) in [5.74, 6) is -5.77. The van der Waals surface area contributed by atoms with Gasteiger partial charge in [-0.15, -0.1) is 0 Å². The molecule has 3 nitrogen and oxygen atoms in total. The maximum atomic E-state index is 12.8. The van der Waals surface area contributed by atoms with Gasteiger partial charge in [-0.3, -0.25) is 9.59 Å². The molecule has 1 unspecified atom stereocenters. The number of rotatable bonds is 4. The molecular weight excluding hydrogens is 285 g/mol. The van der Waals surface area contributed by atoms with Crippen LogP contribution in [0, 0.1) is 5.92 Å². The molecule has 0 bridgehead atoms. The number of carbonyl (C=O) groups excluding carboxylic acids is 2. The summed E-state index contributed by atoms with van der Waals surface area (Å²) >= 11 is 5.57. The van der Waals surface area contributed by atoms with Gasteiger partial charge < -0.3 is 4.74 Å². The van der Waals surface area contributed by atoms with Crippen LogP contribution in [-0.2, 0) is 9.53 Å². The monoisotopic (exact) mass is 294 g/mol. The molecule has 7 heteroatoms. The summed E-state index contributed by atoms with van der Waals surface area (Å²) in [6, 6.07) is 4.80. The minimum Gasteiger partial charge on any atom is -0.465 e. The van der Waals surface area contributed by atoms with Gasteiger partial charge in [0, 0.05) is 10.6 Å². The fourth-order valence-corrected chi connectivity index (χ4v) is 1.52. The van der Waals surface area contributed by atoms with Crippen LogP contribution in [0.4, 0.5) is 13.2 Å². The molecule has 0 aliphatic rings. The number of ether oxygens (including phenoxy) is 1. The first kappa shape index (κ1) is 15.5. The number of alkyl halides is 3. The van der Waals surface area contributed by atoms with E-state index in [0.717, 1.165) is 12.1 Å². The molecule has 0 fully saturated rings. The van der Waals surface area contributed by atoms with E-state index in [1.807, 2.05) is 0 Å². The third-order valence-corrected chi connectivity index (χ3v) is 2.49. The Morgan fingerprint density at radius 1 is 1.26 bits per heavy atom. The normalized spacial score (nSPS) is 12.9. The summed E-state index contributed by atoms with van der Waals surface area (Å²) in [6.07, 6.45) is -5.00. The lowest BCUT2D eigenvalue weighted by Gasteiger charge is -2.17. The summed E-state index contributed by atoms with van der Waals surface area (Å²) in [5, 5.41) is 0.274. The van der Waals surface area contributed by atoms with E-state index >= 15 is 0 Å². The van der Waals surface area contributed by atoms with E-state index in [4.69, 9.17) is 11.6 Å². The summed E-state index contributed by atoms with van der Waals surface area (Å²) in [6.45, 7) is 1.12. The maximum absolute atomic E-state index is 12.8. The van der Waals surface area contributed by atoms with E-state index in [-0.39, 0.29) is 17.2 Å². The molecule has 104 valence electrons. The molecule has 0 aliphatic heterocycles. The molecule has 1 rings (SSSR count). The van der Waals surface area contributed by atoms with Crippen molar-refractivity contribution in [3.05, 3.63) is 34.9 Å². The van der Waals surface area contributed by atoms with E-state index in [2.05, 4.69) is 4.74 Å². The van der Waals surface area contributed by atoms with Crippen molar-refractivity contribution in [3.8, 4) is 0 Å². The van der Waals surface area contributed by atoms with Crippen LogP contribution in [0.25, 0.3) is 0 Å². The Bertz CT molecular complexity index is 468. The third-order valence-electron chi connectivity index (χ3n) is 2.24. The Hall–Kier alpha value is -1.56. The first-order valence-electron chi connectivity index (χ1n) is 5.30. The zero-order valence-corrected chi connectivity index (χ0v) is 10.6. The molecule has 1 aromatic rings. The molecule has 1 aromatic carbocycles. The van der Waals surface area contributed by atoms with Crippen molar-refractivity contribution in [2.45, 2.75) is 13.1 Å². The van der Waals surface area contributed by atoms with Gasteiger partial charge in [0.15, 0.2) is 5.78 Å². The van der Waals surface area contributed by atoms with Crippen molar-refractivity contribution in [1.82, 2.24) is 0 Å². The highest BCUT2D eigenvalue weighted by molar-refractivity contribution is 6.30. The van der Waals surface area contributed by atoms with Gasteiger partial charge in [-0.1, -0.05) is 11.6 Å². The van der Waals surface area contributed by atoms with Crippen molar-refractivity contribution in [2.24, 2.45) is 5.92 Å². The summed E-state index contributed by atoms with van der Waals surface area (Å²) in [5.41, 5.74) is -0.250. The van der Waals surface area contributed by atoms with Gasteiger partial charge in [-0.2, -0.15) is 13.2 Å². The number of benzene rings is 1. The van der Waals surface area contributed by atoms with E-state index in [1.165, 1.54) is 19.1 Å². The Balaban J connectivity index is 3.08. The topological polar surface area (TPSA) is 43.4 Å². The number of halogens is 4. The lowest BCUT2D eigenvalue weighted by molar-refractivity contribution is -0.187. The Morgan fingerprint density at radius 2 is 1.79 bits per heavy atom. The SMILES string of the molecule is CCOC(=O)C(C(=O)c1ccc(Cl)cc1)C(F)(F)F. The van der Waals surface area contributed by atoms with Crippen molar-refractivity contribution in [1.29, 1.82) is 0 Å². The van der Waals surface area contributed by atoms with Crippen molar-refractivity contribution in [2.75, 3.05) is 6.61 Å². The lowest BCUT2D eigenvalue weighted by Crippen LogP contribution is -2.38. The van der Waals surface area contributed by atoms with E-state index in [9.17, 15) is 22.8 Å². The number of carbonyl (C=O) groups is 2. The van der Waals surface area contributed by atoms with Crippen LogP contribution in [0.5, 0.6) is 0 Å². The second kappa shape index (κ2) is 6.06. The molecule has 0 heterocycles. The quantitative estimate of drug-likeness (QED) is 0.486. The fraction of sp³-hybridized carbons (Fsp3) is 0.333. The fourth-order valence-electron chi connectivity index (χ4n) is 1.40. The van der Waals surface area contributed by atoms with Crippen molar-refractivity contribution >= 4 is 23.4 Å². The molecule has 0 aliphatic carbocycles. The molecule has 1 atom stereocenters. The maximum Gasteiger partial charge on any atom is 0.409 e. The molecule has 0 aromatic heterocycles. The Kier molecular flexibility index (Phi) is 4.94. The minimum absolute atomic E-state index is 0.237. The number of hydrogen-bond donors (Lipinski definition) is 0. The van der Waals surface area contributed by atoms with Crippen LogP contribution >= 0.6 is 11.6 Å². The number of ketones is 1. The van der Waals surface area contributed by atoms with Crippen LogP contribution in [0.1, 0.15) is 17.3 Å². The standard InChI is InChI=1S/C12H10ClF3O3/c1-2-19-11(18)9(12(14,15)16)10(17)7-3-5-8(13)6-4-7/h3-6,9H,2H2,1H3. The smallest absolute Gasteiger partial charge is 0.409 e. The molecule has 0 spiro atoms. The van der Waals surface area contributed by atoms with Gasteiger partial charge in [-0.05, 0) is 31.2 Å². The van der Waals surface area contributed by atoms with E-state index in [0.29, 0.717) is 0 Å². The summed E-state index contributed by atoms with van der Waals surface area (Å²) in [7, 11) is 0. The number of esters is 1. The van der Waals surface area contributed by atoms with E-state index < -0.39 is 23.8 Å². The van der Waals surface area contributed by atoms with Crippen molar-refractivity contribution < 1.29 is 27.5 Å². The van der Waals surface area contributed by atoms with Gasteiger partial charge in [0.25, 0.3) is 0 Å². The predicted molar refractivity (Wildman–Crippen MR) is 62.0 cm³/mol. The molecule has 0 N–H and O–H groups in total. The van der Waals surface area contributed by atoms with Crippen LogP contribution < -0.4 is 0 Å². The van der Waals surface area contributed by atoms with Crippen molar-refractivity contribution in [3.63, 3.8) is 0 Å². The predicted octanol–water partition coefficient (Wildman–Crippen LogP) is 3.26. The third kappa shape index (κ3) is 3.96. The second-order valence-corrected chi connectivity index (χ2v) is 4.03. The second-order valence-electron chi connectivity index (χ2n) is 3.60. The molecule has 0 amide bonds. The minimum atomic E-state index is -5.00. The molecule has 0 saturated heterocycles. The van der Waals surface area contributed by atoms with Gasteiger partial charge in [-0.25, -0.2) is 0 Å². The summed E-state index contributed by atoms with van der Waals surface area (Å²) < 4.78 is 42.6. The first-order valence-corrected chi connectivity index (χ1v) is 5.68. The summed E-state index contributed by atoms with van der Waals surface area (Å²) in [4.78, 5) is 23.0. The number of hydrogen-bond acceptors (Lipinski definition) is 3. The van der Waals surface area contributed by atoms with Gasteiger partial charge in [0.2, 0.25) is 5.92 Å². The Morgan fingerprint density at radius 3 is 2.21 bits per heavy atom.